The molecule has 2 nitrogen and oxygen atoms in total. The number of ether oxygens (including phenoxy) is 1. The van der Waals surface area contributed by atoms with Gasteiger partial charge >= 0.3 is 0 Å². The van der Waals surface area contributed by atoms with Crippen LogP contribution < -0.4 is 5.32 Å². The van der Waals surface area contributed by atoms with Gasteiger partial charge in [0.2, 0.25) is 0 Å². The van der Waals surface area contributed by atoms with Crippen molar-refractivity contribution in [3.8, 4) is 12.3 Å². The van der Waals surface area contributed by atoms with Gasteiger partial charge in [0.1, 0.15) is 0 Å². The summed E-state index contributed by atoms with van der Waals surface area (Å²) in [5.41, 5.74) is 0. The first-order chi connectivity index (χ1) is 6.26. The average molecular weight is 183 g/mol. The van der Waals surface area contributed by atoms with Gasteiger partial charge in [-0.3, -0.25) is 0 Å². The molecule has 0 aliphatic heterocycles. The number of unbranched alkanes of at least 4 members (excludes halogenated alkanes) is 1. The molecule has 0 spiro atoms. The van der Waals surface area contributed by atoms with Gasteiger partial charge in [0.25, 0.3) is 0 Å². The van der Waals surface area contributed by atoms with Gasteiger partial charge in [-0.1, -0.05) is 6.92 Å². The maximum absolute atomic E-state index is 5.28. The predicted octanol–water partition coefficient (Wildman–Crippen LogP) is 1.80. The van der Waals surface area contributed by atoms with Crippen molar-refractivity contribution in [1.29, 1.82) is 0 Å². The van der Waals surface area contributed by atoms with E-state index in [1.165, 1.54) is 0 Å². The molecule has 1 N–H and O–H groups in total. The molecular weight excluding hydrogens is 162 g/mol. The molecule has 0 radical (unpaired) electrons. The van der Waals surface area contributed by atoms with Crippen LogP contribution >= 0.6 is 0 Å². The van der Waals surface area contributed by atoms with Crippen molar-refractivity contribution in [2.45, 2.75) is 45.3 Å². The number of methoxy groups -OCH3 is 1. The van der Waals surface area contributed by atoms with Crippen LogP contribution in [0.4, 0.5) is 0 Å². The van der Waals surface area contributed by atoms with Crippen LogP contribution in [0.15, 0.2) is 0 Å². The summed E-state index contributed by atoms with van der Waals surface area (Å²) >= 11 is 0. The van der Waals surface area contributed by atoms with Crippen molar-refractivity contribution in [3.63, 3.8) is 0 Å². The third-order valence-corrected chi connectivity index (χ3v) is 2.24. The van der Waals surface area contributed by atoms with Gasteiger partial charge in [-0.25, -0.2) is 0 Å². The normalized spacial score (nSPS) is 14.9. The second kappa shape index (κ2) is 8.10. The van der Waals surface area contributed by atoms with Crippen LogP contribution in [0.1, 0.15) is 33.1 Å². The third kappa shape index (κ3) is 5.68. The molecule has 76 valence electrons. The highest BCUT2D eigenvalue weighted by Gasteiger charge is 2.14. The molecule has 0 amide bonds. The fourth-order valence-corrected chi connectivity index (χ4v) is 1.35. The van der Waals surface area contributed by atoms with Crippen molar-refractivity contribution in [1.82, 2.24) is 5.32 Å². The zero-order valence-electron chi connectivity index (χ0n) is 8.97. The predicted molar refractivity (Wildman–Crippen MR) is 56.6 cm³/mol. The highest BCUT2D eigenvalue weighted by molar-refractivity contribution is 4.84. The van der Waals surface area contributed by atoms with Crippen molar-refractivity contribution in [2.75, 3.05) is 13.7 Å². The van der Waals surface area contributed by atoms with Crippen LogP contribution in [0, 0.1) is 12.3 Å². The van der Waals surface area contributed by atoms with E-state index in [9.17, 15) is 0 Å². The monoisotopic (exact) mass is 183 g/mol. The van der Waals surface area contributed by atoms with E-state index in [0.29, 0.717) is 6.04 Å². The number of rotatable bonds is 7. The van der Waals surface area contributed by atoms with Crippen molar-refractivity contribution in [3.05, 3.63) is 0 Å². The Hall–Kier alpha value is -0.520. The van der Waals surface area contributed by atoms with Gasteiger partial charge in [0.05, 0.1) is 6.10 Å². The maximum atomic E-state index is 5.28. The van der Waals surface area contributed by atoms with Gasteiger partial charge in [-0.05, 0) is 26.3 Å². The Morgan fingerprint density at radius 1 is 1.54 bits per heavy atom. The smallest absolute Gasteiger partial charge is 0.0696 e. The van der Waals surface area contributed by atoms with Gasteiger partial charge in [0, 0.05) is 19.6 Å². The molecule has 0 saturated heterocycles. The van der Waals surface area contributed by atoms with Crippen LogP contribution in [0.2, 0.25) is 0 Å². The zero-order chi connectivity index (χ0) is 10.1. The molecule has 0 fully saturated rings. The second-order valence-corrected chi connectivity index (χ2v) is 3.20. The van der Waals surface area contributed by atoms with E-state index in [1.54, 1.807) is 7.11 Å². The fourth-order valence-electron chi connectivity index (χ4n) is 1.35. The molecule has 0 aromatic rings. The fraction of sp³-hybridized carbons (Fsp3) is 0.818. The number of likely N-dealkylation sites (N-methyl/N-ethyl adjacent to an activating group) is 1. The lowest BCUT2D eigenvalue weighted by atomic mass is 10.1. The lowest BCUT2D eigenvalue weighted by Crippen LogP contribution is -2.39. The van der Waals surface area contributed by atoms with Crippen LogP contribution in [0.3, 0.4) is 0 Å². The first-order valence-electron chi connectivity index (χ1n) is 4.95. The molecular formula is C11H21NO. The minimum atomic E-state index is 0.262. The van der Waals surface area contributed by atoms with Crippen molar-refractivity contribution < 1.29 is 4.74 Å². The van der Waals surface area contributed by atoms with E-state index >= 15 is 0 Å². The molecule has 0 aromatic carbocycles. The Morgan fingerprint density at radius 2 is 2.23 bits per heavy atom. The van der Waals surface area contributed by atoms with Crippen LogP contribution in [-0.2, 0) is 4.74 Å². The summed E-state index contributed by atoms with van der Waals surface area (Å²) in [6, 6.07) is 0.434. The number of terminal acetylenes is 1. The van der Waals surface area contributed by atoms with E-state index in [0.717, 1.165) is 25.8 Å². The first-order valence-corrected chi connectivity index (χ1v) is 4.95. The molecule has 13 heavy (non-hydrogen) atoms. The molecule has 0 rings (SSSR count). The summed E-state index contributed by atoms with van der Waals surface area (Å²) in [6.07, 6.45) is 8.48. The summed E-state index contributed by atoms with van der Waals surface area (Å²) in [6.45, 7) is 5.17. The van der Waals surface area contributed by atoms with Gasteiger partial charge in [-0.2, -0.15) is 0 Å². The van der Waals surface area contributed by atoms with Crippen LogP contribution in [-0.4, -0.2) is 25.8 Å². The summed E-state index contributed by atoms with van der Waals surface area (Å²) < 4.78 is 5.28. The topological polar surface area (TPSA) is 21.3 Å². The molecule has 0 aromatic heterocycles. The number of nitrogens with one attached hydrogen (secondary N) is 1. The molecule has 2 unspecified atom stereocenters. The largest absolute Gasteiger partial charge is 0.380 e. The molecule has 0 aliphatic carbocycles. The summed E-state index contributed by atoms with van der Waals surface area (Å²) in [5, 5.41) is 3.40. The highest BCUT2D eigenvalue weighted by atomic mass is 16.5. The molecule has 2 heteroatoms. The Kier molecular flexibility index (Phi) is 7.77. The number of hydrogen-bond acceptors (Lipinski definition) is 2. The van der Waals surface area contributed by atoms with Gasteiger partial charge in [0.15, 0.2) is 0 Å². The Morgan fingerprint density at radius 3 is 2.69 bits per heavy atom. The quantitative estimate of drug-likeness (QED) is 0.480. The SMILES string of the molecule is C#CCCCC(NCC)C(C)OC. The number of hydrogen-bond donors (Lipinski definition) is 1. The third-order valence-electron chi connectivity index (χ3n) is 2.24. The van der Waals surface area contributed by atoms with Crippen LogP contribution in [0.5, 0.6) is 0 Å². The summed E-state index contributed by atoms with van der Waals surface area (Å²) in [5.74, 6) is 2.65. The molecule has 2 atom stereocenters. The summed E-state index contributed by atoms with van der Waals surface area (Å²) in [7, 11) is 1.75. The lowest BCUT2D eigenvalue weighted by molar-refractivity contribution is 0.0801. The van der Waals surface area contributed by atoms with Crippen molar-refractivity contribution in [2.24, 2.45) is 0 Å². The minimum Gasteiger partial charge on any atom is -0.380 e. The Bertz CT molecular complexity index is 151. The van der Waals surface area contributed by atoms with Crippen molar-refractivity contribution >= 4 is 0 Å². The molecule has 0 heterocycles. The molecule has 0 aliphatic rings. The lowest BCUT2D eigenvalue weighted by Gasteiger charge is -2.23. The van der Waals surface area contributed by atoms with Gasteiger partial charge < -0.3 is 10.1 Å². The Labute approximate surface area is 82.1 Å². The van der Waals surface area contributed by atoms with E-state index in [4.69, 9.17) is 11.2 Å². The van der Waals surface area contributed by atoms with E-state index in [1.807, 2.05) is 0 Å². The standard InChI is InChI=1S/C11H21NO/c1-5-7-8-9-11(12-6-2)10(3)13-4/h1,10-12H,6-9H2,2-4H3. The zero-order valence-corrected chi connectivity index (χ0v) is 8.97. The minimum absolute atomic E-state index is 0.262. The average Bonchev–Trinajstić information content (AvgIpc) is 2.16. The van der Waals surface area contributed by atoms with E-state index in [-0.39, 0.29) is 6.10 Å². The van der Waals surface area contributed by atoms with Gasteiger partial charge in [-0.15, -0.1) is 12.3 Å². The molecule has 0 bridgehead atoms. The molecule has 0 saturated carbocycles. The second-order valence-electron chi connectivity index (χ2n) is 3.20. The van der Waals surface area contributed by atoms with E-state index < -0.39 is 0 Å². The highest BCUT2D eigenvalue weighted by Crippen LogP contribution is 2.06. The van der Waals surface area contributed by atoms with Crippen LogP contribution in [0.25, 0.3) is 0 Å². The Balaban J connectivity index is 3.73. The summed E-state index contributed by atoms with van der Waals surface area (Å²) in [4.78, 5) is 0. The first kappa shape index (κ1) is 12.5. The van der Waals surface area contributed by atoms with E-state index in [2.05, 4.69) is 25.1 Å². The maximum Gasteiger partial charge on any atom is 0.0696 e.